The molecule has 3 aromatic heterocycles. The van der Waals surface area contributed by atoms with Crippen LogP contribution in [-0.2, 0) is 4.79 Å². The van der Waals surface area contributed by atoms with Crippen molar-refractivity contribution in [3.63, 3.8) is 0 Å². The molecule has 1 amide bonds. The van der Waals surface area contributed by atoms with Gasteiger partial charge >= 0.3 is 0 Å². The molecule has 0 atom stereocenters. The van der Waals surface area contributed by atoms with Gasteiger partial charge in [-0.2, -0.15) is 5.10 Å². The highest BCUT2D eigenvalue weighted by Gasteiger charge is 2.46. The van der Waals surface area contributed by atoms with Crippen molar-refractivity contribution in [3.05, 3.63) is 51.8 Å². The van der Waals surface area contributed by atoms with Crippen molar-refractivity contribution in [2.24, 2.45) is 0 Å². The highest BCUT2D eigenvalue weighted by molar-refractivity contribution is 5.91. The molecule has 2 fully saturated rings. The van der Waals surface area contributed by atoms with E-state index >= 15 is 0 Å². The number of amides is 1. The van der Waals surface area contributed by atoms with E-state index < -0.39 is 0 Å². The smallest absolute Gasteiger partial charge is 0.251 e. The number of piperazine rings is 1. The molecule has 1 saturated heterocycles. The van der Waals surface area contributed by atoms with E-state index in [0.29, 0.717) is 23.8 Å². The lowest BCUT2D eigenvalue weighted by atomic mass is 10.2. The Hall–Kier alpha value is -3.33. The van der Waals surface area contributed by atoms with Crippen LogP contribution in [0.3, 0.4) is 0 Å². The second-order valence-electron chi connectivity index (χ2n) is 8.18. The fraction of sp³-hybridized carbons (Fsp3) is 0.381. The minimum absolute atomic E-state index is 0.0693. The molecule has 9 nitrogen and oxygen atoms in total. The largest absolute Gasteiger partial charge is 0.336 e. The lowest BCUT2D eigenvalue weighted by Gasteiger charge is -2.33. The average Bonchev–Trinajstić information content (AvgIpc) is 3.33. The molecule has 0 unspecified atom stereocenters. The summed E-state index contributed by atoms with van der Waals surface area (Å²) in [6.45, 7) is 6.07. The van der Waals surface area contributed by atoms with Crippen molar-refractivity contribution in [2.45, 2.75) is 32.2 Å². The summed E-state index contributed by atoms with van der Waals surface area (Å²) in [5.41, 5.74) is 3.43. The number of hydrogen-bond donors (Lipinski definition) is 2. The second-order valence-corrected chi connectivity index (χ2v) is 8.18. The third-order valence-electron chi connectivity index (χ3n) is 5.68. The lowest BCUT2D eigenvalue weighted by Crippen LogP contribution is -2.53. The van der Waals surface area contributed by atoms with E-state index in [-0.39, 0.29) is 17.0 Å². The van der Waals surface area contributed by atoms with E-state index in [0.717, 1.165) is 42.8 Å². The molecule has 0 radical (unpaired) electrons. The molecule has 4 heterocycles. The zero-order chi connectivity index (χ0) is 20.9. The third kappa shape index (κ3) is 3.52. The van der Waals surface area contributed by atoms with Crippen LogP contribution in [0.1, 0.15) is 29.9 Å². The molecular formula is C21H23N7O2. The highest BCUT2D eigenvalue weighted by Crippen LogP contribution is 2.37. The van der Waals surface area contributed by atoms with Crippen LogP contribution in [0.4, 0.5) is 0 Å². The Morgan fingerprint density at radius 2 is 2.03 bits per heavy atom. The number of nitrogens with one attached hydrogen (secondary N) is 2. The maximum atomic E-state index is 12.6. The molecule has 1 spiro atoms. The summed E-state index contributed by atoms with van der Waals surface area (Å²) in [5.74, 6) is 0.253. The number of rotatable bonds is 3. The predicted molar refractivity (Wildman–Crippen MR) is 112 cm³/mol. The molecule has 3 aromatic rings. The first kappa shape index (κ1) is 18.7. The van der Waals surface area contributed by atoms with E-state index in [1.807, 2.05) is 31.0 Å². The number of aromatic amines is 1. The van der Waals surface area contributed by atoms with Crippen molar-refractivity contribution in [1.82, 2.24) is 34.8 Å². The van der Waals surface area contributed by atoms with Crippen molar-refractivity contribution < 1.29 is 4.79 Å². The molecule has 154 valence electrons. The molecule has 1 aliphatic heterocycles. The Balaban J connectivity index is 1.41. The number of aromatic nitrogens is 5. The van der Waals surface area contributed by atoms with Gasteiger partial charge in [-0.05, 0) is 44.4 Å². The molecule has 1 saturated carbocycles. The minimum Gasteiger partial charge on any atom is -0.336 e. The predicted octanol–water partition coefficient (Wildman–Crippen LogP) is 1.07. The van der Waals surface area contributed by atoms with Crippen molar-refractivity contribution in [3.8, 4) is 11.4 Å². The van der Waals surface area contributed by atoms with Crippen molar-refractivity contribution >= 4 is 17.6 Å². The van der Waals surface area contributed by atoms with Gasteiger partial charge in [-0.1, -0.05) is 0 Å². The summed E-state index contributed by atoms with van der Waals surface area (Å²) >= 11 is 0. The van der Waals surface area contributed by atoms with Gasteiger partial charge in [0.15, 0.2) is 5.65 Å². The van der Waals surface area contributed by atoms with E-state index in [1.54, 1.807) is 10.6 Å². The van der Waals surface area contributed by atoms with Gasteiger partial charge in [0.2, 0.25) is 5.91 Å². The summed E-state index contributed by atoms with van der Waals surface area (Å²) in [5, 5.41) is 8.02. The quantitative estimate of drug-likeness (QED) is 0.631. The van der Waals surface area contributed by atoms with E-state index in [2.05, 4.69) is 25.4 Å². The Kier molecular flexibility index (Phi) is 4.28. The number of fused-ring (bicyclic) bond motifs is 1. The third-order valence-corrected chi connectivity index (χ3v) is 5.68. The molecular weight excluding hydrogens is 382 g/mol. The molecule has 1 aliphatic carbocycles. The first-order chi connectivity index (χ1) is 14.4. The van der Waals surface area contributed by atoms with Crippen LogP contribution in [-0.4, -0.2) is 60.5 Å². The number of carbonyl (C=O) groups is 1. The topological polar surface area (TPSA) is 108 Å². The van der Waals surface area contributed by atoms with Gasteiger partial charge < -0.3 is 15.2 Å². The van der Waals surface area contributed by atoms with Crippen LogP contribution in [0.2, 0.25) is 0 Å². The van der Waals surface area contributed by atoms with Crippen LogP contribution in [0.15, 0.2) is 29.2 Å². The number of imidazole rings is 1. The maximum Gasteiger partial charge on any atom is 0.251 e. The molecule has 5 rings (SSSR count). The van der Waals surface area contributed by atoms with Crippen LogP contribution < -0.4 is 10.9 Å². The van der Waals surface area contributed by atoms with Gasteiger partial charge in [-0.3, -0.25) is 9.59 Å². The minimum atomic E-state index is -0.299. The van der Waals surface area contributed by atoms with Crippen molar-refractivity contribution in [2.75, 3.05) is 19.6 Å². The number of nitrogens with zero attached hydrogens (tertiary/aromatic N) is 5. The van der Waals surface area contributed by atoms with Crippen LogP contribution >= 0.6 is 0 Å². The molecule has 2 aliphatic rings. The number of carbonyl (C=O) groups excluding carboxylic acids is 1. The summed E-state index contributed by atoms with van der Waals surface area (Å²) in [7, 11) is 0. The zero-order valence-corrected chi connectivity index (χ0v) is 17.0. The highest BCUT2D eigenvalue weighted by atomic mass is 16.2. The summed E-state index contributed by atoms with van der Waals surface area (Å²) in [6.07, 6.45) is 7.10. The molecule has 0 aromatic carbocycles. The van der Waals surface area contributed by atoms with Crippen LogP contribution in [0, 0.1) is 13.8 Å². The SMILES string of the molecule is Cc1cn2nc(-c3cc(=O)[nH]c(/C=C/C(=O)N4CCNC5(CC5)C4)n3)cc(C)c2n1. The van der Waals surface area contributed by atoms with Gasteiger partial charge in [0, 0.05) is 37.3 Å². The molecule has 30 heavy (non-hydrogen) atoms. The standard InChI is InChI=1S/C21H23N7O2/c1-13-9-16(26-28-11-14(2)23-20(13)28)15-10-18(29)25-17(24-15)3-4-19(30)27-8-7-22-21(12-27)5-6-21/h3-4,9-11,22H,5-8,12H2,1-2H3,(H,24,25,29)/b4-3+. The zero-order valence-electron chi connectivity index (χ0n) is 17.0. The van der Waals surface area contributed by atoms with Gasteiger partial charge in [-0.25, -0.2) is 14.5 Å². The number of hydrogen-bond acceptors (Lipinski definition) is 6. The molecule has 0 bridgehead atoms. The Bertz CT molecular complexity index is 1240. The number of H-pyrrole nitrogens is 1. The monoisotopic (exact) mass is 405 g/mol. The van der Waals surface area contributed by atoms with Gasteiger partial charge in [0.25, 0.3) is 5.56 Å². The van der Waals surface area contributed by atoms with Crippen molar-refractivity contribution in [1.29, 1.82) is 0 Å². The van der Waals surface area contributed by atoms with Gasteiger partial charge in [0.1, 0.15) is 11.5 Å². The van der Waals surface area contributed by atoms with E-state index in [9.17, 15) is 9.59 Å². The second kappa shape index (κ2) is 6.88. The van der Waals surface area contributed by atoms with Gasteiger partial charge in [0.05, 0.1) is 17.6 Å². The normalized spacial score (nSPS) is 17.9. The first-order valence-corrected chi connectivity index (χ1v) is 10.1. The average molecular weight is 405 g/mol. The van der Waals surface area contributed by atoms with E-state index in [4.69, 9.17) is 0 Å². The lowest BCUT2D eigenvalue weighted by molar-refractivity contribution is -0.127. The summed E-state index contributed by atoms with van der Waals surface area (Å²) < 4.78 is 1.69. The summed E-state index contributed by atoms with van der Waals surface area (Å²) in [4.78, 5) is 38.3. The Morgan fingerprint density at radius 3 is 2.83 bits per heavy atom. The first-order valence-electron chi connectivity index (χ1n) is 10.1. The maximum absolute atomic E-state index is 12.6. The van der Waals surface area contributed by atoms with E-state index in [1.165, 1.54) is 12.1 Å². The Labute approximate surface area is 172 Å². The van der Waals surface area contributed by atoms with Crippen LogP contribution in [0.25, 0.3) is 23.1 Å². The fourth-order valence-electron chi connectivity index (χ4n) is 3.94. The Morgan fingerprint density at radius 1 is 1.20 bits per heavy atom. The fourth-order valence-corrected chi connectivity index (χ4v) is 3.94. The number of aryl methyl sites for hydroxylation is 2. The summed E-state index contributed by atoms with van der Waals surface area (Å²) in [6, 6.07) is 3.27. The molecule has 9 heteroatoms. The molecule has 2 N–H and O–H groups in total. The van der Waals surface area contributed by atoms with Crippen LogP contribution in [0.5, 0.6) is 0 Å². The van der Waals surface area contributed by atoms with Gasteiger partial charge in [-0.15, -0.1) is 0 Å².